The van der Waals surface area contributed by atoms with Gasteiger partial charge in [0.1, 0.15) is 11.6 Å². The second kappa shape index (κ2) is 10.4. The van der Waals surface area contributed by atoms with E-state index in [-0.39, 0.29) is 17.5 Å². The van der Waals surface area contributed by atoms with E-state index in [1.165, 1.54) is 5.56 Å². The Morgan fingerprint density at radius 3 is 2.46 bits per heavy atom. The summed E-state index contributed by atoms with van der Waals surface area (Å²) in [6.07, 6.45) is 3.00. The van der Waals surface area contributed by atoms with E-state index in [1.807, 2.05) is 19.0 Å². The number of benzene rings is 1. The summed E-state index contributed by atoms with van der Waals surface area (Å²) in [4.78, 5) is 23.9. The minimum Gasteiger partial charge on any atom is -0.362 e. The maximum atomic E-state index is 13.6. The van der Waals surface area contributed by atoms with Gasteiger partial charge < -0.3 is 15.5 Å². The second-order valence-corrected chi connectivity index (χ2v) is 9.70. The smallest absolute Gasteiger partial charge is 0.362 e. The number of aromatic nitrogens is 2. The summed E-state index contributed by atoms with van der Waals surface area (Å²) < 4.78 is 52.3. The highest BCUT2D eigenvalue weighted by molar-refractivity contribution is 5.94. The highest BCUT2D eigenvalue weighted by Gasteiger charge is 2.32. The lowest BCUT2D eigenvalue weighted by Crippen LogP contribution is -2.34. The standard InChI is InChI=1S/C25H31F4N5O/c1-34(2)22-20-5-3-4-6-21(20)32-24(33-22)31-19-9-7-15(8-10-19)14-30-23(35)16-11-17(25(27,28)29)13-18(26)12-16/h11-13,15,19H,3-10,14H2,1-2H3,(H,30,35)(H,31,32,33). The zero-order valence-corrected chi connectivity index (χ0v) is 20.0. The van der Waals surface area contributed by atoms with Gasteiger partial charge in [-0.2, -0.15) is 18.2 Å². The number of aryl methyl sites for hydroxylation is 1. The van der Waals surface area contributed by atoms with Crippen molar-refractivity contribution in [3.8, 4) is 0 Å². The van der Waals surface area contributed by atoms with Gasteiger partial charge in [-0.15, -0.1) is 0 Å². The molecule has 1 aromatic heterocycles. The Kier molecular flexibility index (Phi) is 7.47. The van der Waals surface area contributed by atoms with Crippen LogP contribution in [0.4, 0.5) is 29.3 Å². The Balaban J connectivity index is 1.30. The maximum absolute atomic E-state index is 13.6. The van der Waals surface area contributed by atoms with Gasteiger partial charge in [0, 0.05) is 37.8 Å². The zero-order valence-electron chi connectivity index (χ0n) is 20.0. The van der Waals surface area contributed by atoms with Gasteiger partial charge in [0.2, 0.25) is 5.95 Å². The first-order valence-corrected chi connectivity index (χ1v) is 12.1. The molecular formula is C25H31F4N5O. The first-order chi connectivity index (χ1) is 16.6. The number of hydrogen-bond donors (Lipinski definition) is 2. The second-order valence-electron chi connectivity index (χ2n) is 9.70. The van der Waals surface area contributed by atoms with Crippen LogP contribution in [0.3, 0.4) is 0 Å². The monoisotopic (exact) mass is 493 g/mol. The average Bonchev–Trinajstić information content (AvgIpc) is 2.82. The molecule has 0 aliphatic heterocycles. The molecule has 1 heterocycles. The first-order valence-electron chi connectivity index (χ1n) is 12.1. The number of alkyl halides is 3. The van der Waals surface area contributed by atoms with E-state index in [1.54, 1.807) is 0 Å². The molecule has 1 saturated carbocycles. The number of carbonyl (C=O) groups is 1. The Morgan fingerprint density at radius 2 is 1.77 bits per heavy atom. The molecule has 1 amide bonds. The fourth-order valence-electron chi connectivity index (χ4n) is 4.93. The van der Waals surface area contributed by atoms with Gasteiger partial charge in [-0.25, -0.2) is 9.37 Å². The summed E-state index contributed by atoms with van der Waals surface area (Å²) in [5.41, 5.74) is 0.872. The van der Waals surface area contributed by atoms with Crippen LogP contribution in [0.15, 0.2) is 18.2 Å². The Morgan fingerprint density at radius 1 is 1.06 bits per heavy atom. The molecule has 0 bridgehead atoms. The zero-order chi connectivity index (χ0) is 25.2. The Bertz CT molecular complexity index is 1060. The van der Waals surface area contributed by atoms with E-state index < -0.39 is 23.5 Å². The Labute approximate surface area is 202 Å². The van der Waals surface area contributed by atoms with Crippen molar-refractivity contribution in [2.75, 3.05) is 30.9 Å². The van der Waals surface area contributed by atoms with Gasteiger partial charge in [-0.1, -0.05) is 0 Å². The van der Waals surface area contributed by atoms with E-state index >= 15 is 0 Å². The predicted octanol–water partition coefficient (Wildman–Crippen LogP) is 4.98. The van der Waals surface area contributed by atoms with Gasteiger partial charge in [0.05, 0.1) is 11.3 Å². The summed E-state index contributed by atoms with van der Waals surface area (Å²) in [6, 6.07) is 2.11. The number of rotatable bonds is 6. The van der Waals surface area contributed by atoms with Crippen LogP contribution in [0.25, 0.3) is 0 Å². The van der Waals surface area contributed by atoms with E-state index in [4.69, 9.17) is 9.97 Å². The summed E-state index contributed by atoms with van der Waals surface area (Å²) >= 11 is 0. The lowest BCUT2D eigenvalue weighted by Gasteiger charge is -2.30. The molecule has 190 valence electrons. The minimum atomic E-state index is -4.71. The van der Waals surface area contributed by atoms with Crippen LogP contribution in [0.1, 0.15) is 65.7 Å². The number of fused-ring (bicyclic) bond motifs is 1. The number of nitrogens with one attached hydrogen (secondary N) is 2. The molecular weight excluding hydrogens is 462 g/mol. The van der Waals surface area contributed by atoms with Crippen molar-refractivity contribution in [1.82, 2.24) is 15.3 Å². The molecule has 4 rings (SSSR count). The SMILES string of the molecule is CN(C)c1nc(NC2CCC(CNC(=O)c3cc(F)cc(C(F)(F)F)c3)CC2)nc2c1CCCC2. The number of halogens is 4. The topological polar surface area (TPSA) is 70.2 Å². The minimum absolute atomic E-state index is 0.203. The molecule has 6 nitrogen and oxygen atoms in total. The molecule has 1 aromatic carbocycles. The molecule has 2 N–H and O–H groups in total. The van der Waals surface area contributed by atoms with Crippen LogP contribution >= 0.6 is 0 Å². The molecule has 0 spiro atoms. The van der Waals surface area contributed by atoms with Crippen LogP contribution in [-0.4, -0.2) is 42.6 Å². The molecule has 2 aromatic rings. The molecule has 10 heteroatoms. The molecule has 2 aliphatic carbocycles. The van der Waals surface area contributed by atoms with Crippen molar-refractivity contribution in [2.45, 2.75) is 63.6 Å². The molecule has 0 atom stereocenters. The van der Waals surface area contributed by atoms with Crippen molar-refractivity contribution in [2.24, 2.45) is 5.92 Å². The van der Waals surface area contributed by atoms with E-state index in [2.05, 4.69) is 10.6 Å². The maximum Gasteiger partial charge on any atom is 0.416 e. The largest absolute Gasteiger partial charge is 0.416 e. The van der Waals surface area contributed by atoms with Gasteiger partial charge in [0.15, 0.2) is 0 Å². The number of anilines is 2. The van der Waals surface area contributed by atoms with E-state index in [0.717, 1.165) is 68.9 Å². The lowest BCUT2D eigenvalue weighted by atomic mass is 9.86. The van der Waals surface area contributed by atoms with Crippen molar-refractivity contribution in [1.29, 1.82) is 0 Å². The van der Waals surface area contributed by atoms with Crippen LogP contribution in [-0.2, 0) is 19.0 Å². The third-order valence-corrected chi connectivity index (χ3v) is 6.80. The quantitative estimate of drug-likeness (QED) is 0.556. The van der Waals surface area contributed by atoms with Crippen molar-refractivity contribution in [3.05, 3.63) is 46.4 Å². The van der Waals surface area contributed by atoms with Gasteiger partial charge >= 0.3 is 6.18 Å². The summed E-state index contributed by atoms with van der Waals surface area (Å²) in [5.74, 6) is 0.0408. The molecule has 35 heavy (non-hydrogen) atoms. The molecule has 0 unspecified atom stereocenters. The molecule has 2 aliphatic rings. The highest BCUT2D eigenvalue weighted by Crippen LogP contribution is 2.32. The van der Waals surface area contributed by atoms with Gasteiger partial charge in [0.25, 0.3) is 5.91 Å². The van der Waals surface area contributed by atoms with Gasteiger partial charge in [-0.05, 0) is 75.5 Å². The fraction of sp³-hybridized carbons (Fsp3) is 0.560. The average molecular weight is 494 g/mol. The molecule has 1 fully saturated rings. The van der Waals surface area contributed by atoms with Crippen LogP contribution < -0.4 is 15.5 Å². The summed E-state index contributed by atoms with van der Waals surface area (Å²) in [6.45, 7) is 0.337. The van der Waals surface area contributed by atoms with Crippen molar-refractivity contribution >= 4 is 17.7 Å². The van der Waals surface area contributed by atoms with Crippen LogP contribution in [0.5, 0.6) is 0 Å². The summed E-state index contributed by atoms with van der Waals surface area (Å²) in [5, 5.41) is 6.15. The highest BCUT2D eigenvalue weighted by atomic mass is 19.4. The van der Waals surface area contributed by atoms with Crippen molar-refractivity contribution in [3.63, 3.8) is 0 Å². The van der Waals surface area contributed by atoms with Crippen LogP contribution in [0, 0.1) is 11.7 Å². The molecule has 0 radical (unpaired) electrons. The third-order valence-electron chi connectivity index (χ3n) is 6.80. The number of nitrogens with zero attached hydrogens (tertiary/aromatic N) is 3. The number of carbonyl (C=O) groups excluding carboxylic acids is 1. The third kappa shape index (κ3) is 6.21. The van der Waals surface area contributed by atoms with E-state index in [9.17, 15) is 22.4 Å². The fourth-order valence-corrected chi connectivity index (χ4v) is 4.93. The predicted molar refractivity (Wildman–Crippen MR) is 126 cm³/mol. The molecule has 0 saturated heterocycles. The number of amides is 1. The summed E-state index contributed by atoms with van der Waals surface area (Å²) in [7, 11) is 3.99. The van der Waals surface area contributed by atoms with Crippen LogP contribution in [0.2, 0.25) is 0 Å². The lowest BCUT2D eigenvalue weighted by molar-refractivity contribution is -0.137. The normalized spacial score (nSPS) is 20.2. The van der Waals surface area contributed by atoms with Gasteiger partial charge in [-0.3, -0.25) is 4.79 Å². The first kappa shape index (κ1) is 25.2. The van der Waals surface area contributed by atoms with E-state index in [0.29, 0.717) is 24.6 Å². The Hall–Kier alpha value is -2.91. The number of hydrogen-bond acceptors (Lipinski definition) is 5. The van der Waals surface area contributed by atoms with Crippen molar-refractivity contribution < 1.29 is 22.4 Å².